The second kappa shape index (κ2) is 8.32. The average molecular weight is 544 g/mol. The minimum absolute atomic E-state index is 0.230. The Bertz CT molecular complexity index is 1380. The number of imide groups is 1. The molecule has 2 saturated heterocycles. The quantitative estimate of drug-likeness (QED) is 0.355. The first-order valence-corrected chi connectivity index (χ1v) is 12.7. The highest BCUT2D eigenvalue weighted by molar-refractivity contribution is 9.10. The maximum Gasteiger partial charge on any atom is 0.237 e. The number of benzene rings is 3. The van der Waals surface area contributed by atoms with E-state index in [1.165, 1.54) is 4.90 Å². The van der Waals surface area contributed by atoms with Crippen LogP contribution in [0.15, 0.2) is 83.3 Å². The number of ether oxygens (including phenoxy) is 1. The molecule has 0 saturated carbocycles. The highest BCUT2D eigenvalue weighted by Crippen LogP contribution is 2.57. The van der Waals surface area contributed by atoms with Crippen LogP contribution in [0.25, 0.3) is 0 Å². The number of rotatable bonds is 4. The van der Waals surface area contributed by atoms with Gasteiger partial charge in [0.15, 0.2) is 0 Å². The molecule has 1 spiro atoms. The van der Waals surface area contributed by atoms with Crippen molar-refractivity contribution >= 4 is 39.3 Å². The van der Waals surface area contributed by atoms with Gasteiger partial charge in [0.1, 0.15) is 0 Å². The second-order valence-corrected chi connectivity index (χ2v) is 10.5. The van der Waals surface area contributed by atoms with Crippen molar-refractivity contribution in [2.75, 3.05) is 0 Å². The summed E-state index contributed by atoms with van der Waals surface area (Å²) in [4.78, 5) is 56.7. The van der Waals surface area contributed by atoms with Gasteiger partial charge in [0.25, 0.3) is 0 Å². The first-order valence-electron chi connectivity index (χ1n) is 11.9. The van der Waals surface area contributed by atoms with Gasteiger partial charge in [-0.05, 0) is 36.6 Å². The third-order valence-electron chi connectivity index (χ3n) is 7.57. The fraction of sp³-hybridized carbons (Fsp3) is 0.241. The molecule has 3 aromatic rings. The largest absolute Gasteiger partial charge is 0.349 e. The number of halogens is 1. The molecule has 1 aliphatic carbocycles. The number of likely N-dealkylation sites (tertiary alicyclic amines) is 1. The van der Waals surface area contributed by atoms with E-state index in [2.05, 4.69) is 15.9 Å². The lowest BCUT2D eigenvalue weighted by atomic mass is 9.77. The molecule has 0 radical (unpaired) electrons. The summed E-state index contributed by atoms with van der Waals surface area (Å²) < 4.78 is 7.15. The lowest BCUT2D eigenvalue weighted by Gasteiger charge is -2.29. The first-order chi connectivity index (χ1) is 17.3. The van der Waals surface area contributed by atoms with Gasteiger partial charge in [-0.3, -0.25) is 24.1 Å². The first kappa shape index (κ1) is 23.0. The Morgan fingerprint density at radius 3 is 2.03 bits per heavy atom. The summed E-state index contributed by atoms with van der Waals surface area (Å²) in [5, 5.41) is 0. The van der Waals surface area contributed by atoms with Gasteiger partial charge >= 0.3 is 0 Å². The van der Waals surface area contributed by atoms with Crippen LogP contribution >= 0.6 is 15.9 Å². The van der Waals surface area contributed by atoms with E-state index >= 15 is 0 Å². The fourth-order valence-corrected chi connectivity index (χ4v) is 6.24. The molecule has 3 aromatic carbocycles. The van der Waals surface area contributed by atoms with Crippen LogP contribution in [-0.2, 0) is 20.7 Å². The highest BCUT2D eigenvalue weighted by atomic mass is 79.9. The number of ketones is 2. The molecule has 36 heavy (non-hydrogen) atoms. The molecule has 0 bridgehead atoms. The van der Waals surface area contributed by atoms with Crippen molar-refractivity contribution < 1.29 is 23.9 Å². The number of fused-ring (bicyclic) bond motifs is 3. The topological polar surface area (TPSA) is 80.8 Å². The third kappa shape index (κ3) is 3.12. The molecule has 2 heterocycles. The highest BCUT2D eigenvalue weighted by Gasteiger charge is 2.74. The summed E-state index contributed by atoms with van der Waals surface area (Å²) in [5.41, 5.74) is 0.0430. The van der Waals surface area contributed by atoms with E-state index < -0.39 is 53.0 Å². The van der Waals surface area contributed by atoms with E-state index in [1.807, 2.05) is 49.4 Å². The molecule has 2 fully saturated rings. The average Bonchev–Trinajstić information content (AvgIpc) is 3.45. The molecule has 4 atom stereocenters. The number of hydrogen-bond donors (Lipinski definition) is 0. The second-order valence-electron chi connectivity index (χ2n) is 9.62. The molecule has 3 aliphatic rings. The van der Waals surface area contributed by atoms with Crippen LogP contribution in [0.1, 0.15) is 44.9 Å². The summed E-state index contributed by atoms with van der Waals surface area (Å²) >= 11 is 3.41. The molecular formula is C29H22BrNO5. The molecule has 0 unspecified atom stereocenters. The monoisotopic (exact) mass is 543 g/mol. The SMILES string of the molecule is C[C@H](Cc1ccccc1)N1C(=O)[C@H]2[C@@H](C1=O)C1(O[C@H]2c2ccc(Br)cc2)C(=O)c2ccccc2C1=O. The number of Topliss-reactive ketones (excluding diaryl/α,β-unsaturated/α-hetero) is 2. The molecule has 6 rings (SSSR count). The lowest BCUT2D eigenvalue weighted by molar-refractivity contribution is -0.147. The van der Waals surface area contributed by atoms with Gasteiger partial charge in [-0.25, -0.2) is 0 Å². The van der Waals surface area contributed by atoms with Gasteiger partial charge in [-0.15, -0.1) is 0 Å². The van der Waals surface area contributed by atoms with Gasteiger partial charge in [0, 0.05) is 21.6 Å². The predicted octanol–water partition coefficient (Wildman–Crippen LogP) is 4.57. The summed E-state index contributed by atoms with van der Waals surface area (Å²) in [7, 11) is 0. The maximum absolute atomic E-state index is 14.0. The van der Waals surface area contributed by atoms with E-state index in [9.17, 15) is 19.2 Å². The zero-order chi connectivity index (χ0) is 25.2. The minimum Gasteiger partial charge on any atom is -0.349 e. The number of amides is 2. The Labute approximate surface area is 216 Å². The maximum atomic E-state index is 14.0. The van der Waals surface area contributed by atoms with Crippen molar-refractivity contribution in [2.45, 2.75) is 31.1 Å². The van der Waals surface area contributed by atoms with Crippen LogP contribution in [0.5, 0.6) is 0 Å². The number of hydrogen-bond acceptors (Lipinski definition) is 5. The van der Waals surface area contributed by atoms with Crippen molar-refractivity contribution in [3.63, 3.8) is 0 Å². The smallest absolute Gasteiger partial charge is 0.237 e. The van der Waals surface area contributed by atoms with Gasteiger partial charge in [-0.1, -0.05) is 82.7 Å². The van der Waals surface area contributed by atoms with Crippen LogP contribution in [0.4, 0.5) is 0 Å². The molecule has 7 heteroatoms. The summed E-state index contributed by atoms with van der Waals surface area (Å²) in [6, 6.07) is 22.9. The van der Waals surface area contributed by atoms with Gasteiger partial charge < -0.3 is 4.74 Å². The fourth-order valence-electron chi connectivity index (χ4n) is 5.97. The van der Waals surface area contributed by atoms with E-state index in [0.29, 0.717) is 12.0 Å². The summed E-state index contributed by atoms with van der Waals surface area (Å²) in [5.74, 6) is -4.21. The molecule has 0 N–H and O–H groups in total. The Morgan fingerprint density at radius 1 is 0.833 bits per heavy atom. The number of nitrogens with zero attached hydrogens (tertiary/aromatic N) is 1. The predicted molar refractivity (Wildman–Crippen MR) is 134 cm³/mol. The molecule has 0 aromatic heterocycles. The van der Waals surface area contributed by atoms with Gasteiger partial charge in [0.05, 0.1) is 17.9 Å². The normalized spacial score (nSPS) is 24.9. The lowest BCUT2D eigenvalue weighted by Crippen LogP contribution is -2.52. The van der Waals surface area contributed by atoms with Crippen molar-refractivity contribution in [3.05, 3.63) is 106 Å². The Balaban J connectivity index is 1.46. The van der Waals surface area contributed by atoms with E-state index in [0.717, 1.165) is 10.0 Å². The minimum atomic E-state index is -2.04. The van der Waals surface area contributed by atoms with Gasteiger partial charge in [-0.2, -0.15) is 0 Å². The molecule has 6 nitrogen and oxygen atoms in total. The summed E-state index contributed by atoms with van der Waals surface area (Å²) in [6.45, 7) is 1.82. The molecule has 2 aliphatic heterocycles. The number of carbonyl (C=O) groups is 4. The zero-order valence-corrected chi connectivity index (χ0v) is 21.0. The number of carbonyl (C=O) groups excluding carboxylic acids is 4. The van der Waals surface area contributed by atoms with Crippen LogP contribution in [0, 0.1) is 11.8 Å². The van der Waals surface area contributed by atoms with Crippen LogP contribution in [-0.4, -0.2) is 39.9 Å². The Morgan fingerprint density at radius 2 is 1.42 bits per heavy atom. The van der Waals surface area contributed by atoms with E-state index in [4.69, 9.17) is 4.74 Å². The van der Waals surface area contributed by atoms with Crippen molar-refractivity contribution in [1.29, 1.82) is 0 Å². The van der Waals surface area contributed by atoms with E-state index in [1.54, 1.807) is 36.4 Å². The summed E-state index contributed by atoms with van der Waals surface area (Å²) in [6.07, 6.45) is -0.438. The van der Waals surface area contributed by atoms with Crippen LogP contribution in [0.3, 0.4) is 0 Å². The molecular weight excluding hydrogens is 522 g/mol. The standard InChI is InChI=1S/C29H22BrNO5/c1-16(15-17-7-3-2-4-8-17)31-27(34)22-23(28(31)35)29(36-24(22)18-11-13-19(30)14-12-18)25(32)20-9-5-6-10-21(20)26(29)33/h2-14,16,22-24H,15H2,1H3/t16-,22+,23+,24+/m1/s1. The van der Waals surface area contributed by atoms with Crippen LogP contribution < -0.4 is 0 Å². The zero-order valence-electron chi connectivity index (χ0n) is 19.4. The van der Waals surface area contributed by atoms with Crippen molar-refractivity contribution in [2.24, 2.45) is 11.8 Å². The Hall–Kier alpha value is -3.42. The van der Waals surface area contributed by atoms with Crippen molar-refractivity contribution in [1.82, 2.24) is 4.90 Å². The third-order valence-corrected chi connectivity index (χ3v) is 8.10. The molecule has 2 amide bonds. The van der Waals surface area contributed by atoms with Crippen LogP contribution in [0.2, 0.25) is 0 Å². The van der Waals surface area contributed by atoms with Gasteiger partial charge in [0.2, 0.25) is 29.0 Å². The molecule has 180 valence electrons. The Kier molecular flexibility index (Phi) is 5.32. The van der Waals surface area contributed by atoms with Crippen molar-refractivity contribution in [3.8, 4) is 0 Å². The van der Waals surface area contributed by atoms with E-state index in [-0.39, 0.29) is 11.1 Å².